The summed E-state index contributed by atoms with van der Waals surface area (Å²) in [6, 6.07) is 15.2. The van der Waals surface area contributed by atoms with Crippen LogP contribution in [0.25, 0.3) is 0 Å². The maximum absolute atomic E-state index is 12.5. The van der Waals surface area contributed by atoms with Crippen molar-refractivity contribution in [1.29, 1.82) is 0 Å². The lowest BCUT2D eigenvalue weighted by molar-refractivity contribution is -0.113. The van der Waals surface area contributed by atoms with Gasteiger partial charge in [-0.15, -0.1) is 10.2 Å². The van der Waals surface area contributed by atoms with Crippen LogP contribution in [0.5, 0.6) is 5.75 Å². The molecule has 0 atom stereocenters. The molecule has 0 bridgehead atoms. The van der Waals surface area contributed by atoms with Crippen molar-refractivity contribution >= 4 is 33.2 Å². The molecule has 0 saturated carbocycles. The lowest BCUT2D eigenvalue weighted by Gasteiger charge is -2.07. The van der Waals surface area contributed by atoms with Crippen molar-refractivity contribution in [3.63, 3.8) is 0 Å². The van der Waals surface area contributed by atoms with Crippen molar-refractivity contribution in [2.24, 2.45) is 7.05 Å². The number of methoxy groups -OCH3 is 1. The fourth-order valence-corrected chi connectivity index (χ4v) is 4.54. The quantitative estimate of drug-likeness (QED) is 0.546. The van der Waals surface area contributed by atoms with Crippen molar-refractivity contribution in [2.75, 3.05) is 18.2 Å². The Morgan fingerprint density at radius 1 is 1.10 bits per heavy atom. The molecule has 3 rings (SSSR count). The zero-order valence-corrected chi connectivity index (χ0v) is 17.5. The van der Waals surface area contributed by atoms with Crippen LogP contribution in [0, 0.1) is 0 Å². The molecule has 10 heteroatoms. The Hall–Kier alpha value is -2.85. The number of carbonyl (C=O) groups excluding carboxylic acids is 1. The molecular formula is C19H20N4O4S2. The standard InChI is InChI=1S/C19H20N4O4S2/c1-23-17(13-29(25,26)16-6-4-3-5-7-16)21-22-19(23)28-12-18(24)20-14-8-10-15(27-2)11-9-14/h3-11H,12-13H2,1-2H3,(H,20,24). The molecule has 1 amide bonds. The topological polar surface area (TPSA) is 103 Å². The zero-order valence-electron chi connectivity index (χ0n) is 15.9. The third-order valence-electron chi connectivity index (χ3n) is 4.05. The third-order valence-corrected chi connectivity index (χ3v) is 6.70. The monoisotopic (exact) mass is 432 g/mol. The highest BCUT2D eigenvalue weighted by atomic mass is 32.2. The van der Waals surface area contributed by atoms with Gasteiger partial charge in [0, 0.05) is 12.7 Å². The van der Waals surface area contributed by atoms with Crippen LogP contribution in [0.4, 0.5) is 5.69 Å². The average Bonchev–Trinajstić information content (AvgIpc) is 3.06. The van der Waals surface area contributed by atoms with Crippen molar-refractivity contribution in [3.05, 3.63) is 60.4 Å². The summed E-state index contributed by atoms with van der Waals surface area (Å²) in [4.78, 5) is 12.4. The number of aromatic nitrogens is 3. The first-order valence-corrected chi connectivity index (χ1v) is 11.3. The number of amides is 1. The lowest BCUT2D eigenvalue weighted by atomic mass is 10.3. The molecule has 0 saturated heterocycles. The molecular weight excluding hydrogens is 412 g/mol. The largest absolute Gasteiger partial charge is 0.497 e. The van der Waals surface area contributed by atoms with Crippen molar-refractivity contribution < 1.29 is 17.9 Å². The molecule has 0 unspecified atom stereocenters. The van der Waals surface area contributed by atoms with E-state index in [4.69, 9.17) is 4.74 Å². The Morgan fingerprint density at radius 2 is 1.79 bits per heavy atom. The molecule has 0 radical (unpaired) electrons. The summed E-state index contributed by atoms with van der Waals surface area (Å²) in [6.45, 7) is 0. The van der Waals surface area contributed by atoms with Crippen molar-refractivity contribution in [1.82, 2.24) is 14.8 Å². The van der Waals surface area contributed by atoms with E-state index >= 15 is 0 Å². The predicted octanol–water partition coefficient (Wildman–Crippen LogP) is 2.53. The highest BCUT2D eigenvalue weighted by molar-refractivity contribution is 7.99. The van der Waals surface area contributed by atoms with Gasteiger partial charge >= 0.3 is 0 Å². The van der Waals surface area contributed by atoms with E-state index in [1.54, 1.807) is 73.3 Å². The summed E-state index contributed by atoms with van der Waals surface area (Å²) in [5, 5.41) is 11.2. The molecule has 0 aliphatic rings. The fraction of sp³-hybridized carbons (Fsp3) is 0.211. The molecule has 8 nitrogen and oxygen atoms in total. The number of hydrogen-bond donors (Lipinski definition) is 1. The molecule has 1 heterocycles. The van der Waals surface area contributed by atoms with Crippen LogP contribution in [0.3, 0.4) is 0 Å². The van der Waals surface area contributed by atoms with Gasteiger partial charge in [0.1, 0.15) is 17.3 Å². The molecule has 3 aromatic rings. The van der Waals surface area contributed by atoms with Crippen LogP contribution in [0.2, 0.25) is 0 Å². The van der Waals surface area contributed by atoms with E-state index in [-0.39, 0.29) is 22.3 Å². The Morgan fingerprint density at radius 3 is 2.45 bits per heavy atom. The Labute approximate surface area is 173 Å². The first-order valence-electron chi connectivity index (χ1n) is 8.62. The first-order chi connectivity index (χ1) is 13.9. The number of sulfone groups is 1. The number of thioether (sulfide) groups is 1. The number of benzene rings is 2. The van der Waals surface area contributed by atoms with E-state index in [1.165, 1.54) is 11.8 Å². The number of nitrogens with one attached hydrogen (secondary N) is 1. The summed E-state index contributed by atoms with van der Waals surface area (Å²) in [7, 11) is -0.268. The van der Waals surface area contributed by atoms with Gasteiger partial charge in [-0.25, -0.2) is 8.42 Å². The van der Waals surface area contributed by atoms with Gasteiger partial charge in [0.05, 0.1) is 17.8 Å². The van der Waals surface area contributed by atoms with Gasteiger partial charge in [0.25, 0.3) is 0 Å². The van der Waals surface area contributed by atoms with E-state index in [2.05, 4.69) is 15.5 Å². The smallest absolute Gasteiger partial charge is 0.234 e. The molecule has 0 fully saturated rings. The van der Waals surface area contributed by atoms with Crippen LogP contribution in [-0.2, 0) is 27.4 Å². The molecule has 29 heavy (non-hydrogen) atoms. The Bertz CT molecular complexity index is 1080. The van der Waals surface area contributed by atoms with Crippen LogP contribution in [-0.4, -0.2) is 42.0 Å². The summed E-state index contributed by atoms with van der Waals surface area (Å²) < 4.78 is 31.7. The molecule has 1 N–H and O–H groups in total. The van der Waals surface area contributed by atoms with Crippen LogP contribution >= 0.6 is 11.8 Å². The summed E-state index contributed by atoms with van der Waals surface area (Å²) in [6.07, 6.45) is 0. The Balaban J connectivity index is 1.60. The summed E-state index contributed by atoms with van der Waals surface area (Å²) >= 11 is 1.18. The molecule has 0 spiro atoms. The second-order valence-corrected chi connectivity index (χ2v) is 9.03. The number of rotatable bonds is 8. The maximum Gasteiger partial charge on any atom is 0.234 e. The third kappa shape index (κ3) is 5.36. The van der Waals surface area contributed by atoms with E-state index in [1.807, 2.05) is 0 Å². The van der Waals surface area contributed by atoms with E-state index < -0.39 is 9.84 Å². The van der Waals surface area contributed by atoms with Crippen molar-refractivity contribution in [2.45, 2.75) is 15.8 Å². The molecule has 1 aromatic heterocycles. The van der Waals surface area contributed by atoms with Gasteiger partial charge in [-0.05, 0) is 36.4 Å². The number of anilines is 1. The van der Waals surface area contributed by atoms with Gasteiger partial charge < -0.3 is 14.6 Å². The molecule has 152 valence electrons. The van der Waals surface area contributed by atoms with E-state index in [9.17, 15) is 13.2 Å². The Kier molecular flexibility index (Phi) is 6.55. The average molecular weight is 433 g/mol. The minimum absolute atomic E-state index is 0.115. The van der Waals surface area contributed by atoms with Crippen LogP contribution in [0.15, 0.2) is 64.6 Å². The van der Waals surface area contributed by atoms with Gasteiger partial charge in [-0.2, -0.15) is 0 Å². The maximum atomic E-state index is 12.5. The van der Waals surface area contributed by atoms with Gasteiger partial charge in [-0.3, -0.25) is 4.79 Å². The zero-order chi connectivity index (χ0) is 20.9. The first kappa shape index (κ1) is 20.9. The van der Waals surface area contributed by atoms with Crippen molar-refractivity contribution in [3.8, 4) is 5.75 Å². The predicted molar refractivity (Wildman–Crippen MR) is 111 cm³/mol. The summed E-state index contributed by atoms with van der Waals surface area (Å²) in [5.74, 6) is 0.658. The number of ether oxygens (including phenoxy) is 1. The van der Waals surface area contributed by atoms with Crippen LogP contribution < -0.4 is 10.1 Å². The second kappa shape index (κ2) is 9.10. The molecule has 2 aromatic carbocycles. The molecule has 0 aliphatic carbocycles. The number of nitrogens with zero attached hydrogens (tertiary/aromatic N) is 3. The minimum atomic E-state index is -3.52. The fourth-order valence-electron chi connectivity index (χ4n) is 2.48. The second-order valence-electron chi connectivity index (χ2n) is 6.10. The van der Waals surface area contributed by atoms with Gasteiger partial charge in [-0.1, -0.05) is 30.0 Å². The normalized spacial score (nSPS) is 11.2. The van der Waals surface area contributed by atoms with Gasteiger partial charge in [0.15, 0.2) is 15.0 Å². The number of hydrogen-bond acceptors (Lipinski definition) is 7. The van der Waals surface area contributed by atoms with Gasteiger partial charge in [0.2, 0.25) is 5.91 Å². The minimum Gasteiger partial charge on any atom is -0.497 e. The summed E-state index contributed by atoms with van der Waals surface area (Å²) in [5.41, 5.74) is 0.656. The highest BCUT2D eigenvalue weighted by Gasteiger charge is 2.20. The highest BCUT2D eigenvalue weighted by Crippen LogP contribution is 2.20. The van der Waals surface area contributed by atoms with E-state index in [0.717, 1.165) is 0 Å². The number of carbonyl (C=O) groups is 1. The van der Waals surface area contributed by atoms with Crippen LogP contribution in [0.1, 0.15) is 5.82 Å². The SMILES string of the molecule is COc1ccc(NC(=O)CSc2nnc(CS(=O)(=O)c3ccccc3)n2C)cc1. The lowest BCUT2D eigenvalue weighted by Crippen LogP contribution is -2.14. The van der Waals surface area contributed by atoms with E-state index in [0.29, 0.717) is 22.4 Å². The molecule has 0 aliphatic heterocycles.